The Morgan fingerprint density at radius 2 is 1.81 bits per heavy atom. The van der Waals surface area contributed by atoms with E-state index >= 15 is 0 Å². The van der Waals surface area contributed by atoms with Crippen LogP contribution < -0.4 is 9.47 Å². The SMILES string of the molecule is COc1ccc2c(c1)CC1C(C)(CCC3C1(C)CCC1C4(C)CCCC13COC4=O)O2. The summed E-state index contributed by atoms with van der Waals surface area (Å²) in [5.74, 6) is 3.56. The lowest BCUT2D eigenvalue weighted by Gasteiger charge is -2.70. The van der Waals surface area contributed by atoms with E-state index in [2.05, 4.69) is 32.9 Å². The highest BCUT2D eigenvalue weighted by molar-refractivity contribution is 5.78. The Hall–Kier alpha value is -1.71. The highest BCUT2D eigenvalue weighted by atomic mass is 16.5. The summed E-state index contributed by atoms with van der Waals surface area (Å²) < 4.78 is 18.2. The normalized spacial score (nSPS) is 47.6. The zero-order chi connectivity index (χ0) is 21.6. The predicted molar refractivity (Wildman–Crippen MR) is 118 cm³/mol. The van der Waals surface area contributed by atoms with Gasteiger partial charge in [-0.15, -0.1) is 0 Å². The van der Waals surface area contributed by atoms with Crippen LogP contribution in [0.3, 0.4) is 0 Å². The van der Waals surface area contributed by atoms with Crippen LogP contribution in [0.4, 0.5) is 0 Å². The molecule has 2 aliphatic heterocycles. The number of hydrogen-bond donors (Lipinski definition) is 0. The first-order valence-electron chi connectivity index (χ1n) is 12.3. The van der Waals surface area contributed by atoms with Gasteiger partial charge in [0.1, 0.15) is 17.1 Å². The number of cyclic esters (lactones) is 1. The van der Waals surface area contributed by atoms with Crippen molar-refractivity contribution < 1.29 is 19.0 Å². The van der Waals surface area contributed by atoms with Gasteiger partial charge in [0.25, 0.3) is 0 Å². The van der Waals surface area contributed by atoms with Crippen molar-refractivity contribution in [3.05, 3.63) is 23.8 Å². The van der Waals surface area contributed by atoms with Crippen molar-refractivity contribution in [1.82, 2.24) is 0 Å². The third-order valence-corrected chi connectivity index (χ3v) is 10.7. The second-order valence-corrected chi connectivity index (χ2v) is 11.9. The van der Waals surface area contributed by atoms with Gasteiger partial charge in [0.15, 0.2) is 0 Å². The molecule has 3 aliphatic carbocycles. The van der Waals surface area contributed by atoms with E-state index in [1.54, 1.807) is 7.11 Å². The van der Waals surface area contributed by atoms with Crippen molar-refractivity contribution in [3.63, 3.8) is 0 Å². The Bertz CT molecular complexity index is 941. The van der Waals surface area contributed by atoms with Gasteiger partial charge < -0.3 is 14.2 Å². The second kappa shape index (κ2) is 6.20. The van der Waals surface area contributed by atoms with Gasteiger partial charge in [-0.2, -0.15) is 0 Å². The zero-order valence-corrected chi connectivity index (χ0v) is 19.5. The Morgan fingerprint density at radius 3 is 2.61 bits per heavy atom. The second-order valence-electron chi connectivity index (χ2n) is 11.9. The minimum Gasteiger partial charge on any atom is -0.497 e. The van der Waals surface area contributed by atoms with E-state index in [4.69, 9.17) is 14.2 Å². The van der Waals surface area contributed by atoms with E-state index in [-0.39, 0.29) is 27.8 Å². The molecule has 4 heteroatoms. The summed E-state index contributed by atoms with van der Waals surface area (Å²) >= 11 is 0. The van der Waals surface area contributed by atoms with Crippen LogP contribution in [0.2, 0.25) is 0 Å². The first-order valence-corrected chi connectivity index (χ1v) is 12.3. The Labute approximate surface area is 186 Å². The summed E-state index contributed by atoms with van der Waals surface area (Å²) in [5, 5.41) is 0. The van der Waals surface area contributed by atoms with Crippen molar-refractivity contribution >= 4 is 5.97 Å². The minimum atomic E-state index is -0.276. The van der Waals surface area contributed by atoms with Gasteiger partial charge in [0.2, 0.25) is 0 Å². The van der Waals surface area contributed by atoms with Crippen LogP contribution >= 0.6 is 0 Å². The summed E-state index contributed by atoms with van der Waals surface area (Å²) in [6.45, 7) is 7.74. The van der Waals surface area contributed by atoms with Crippen molar-refractivity contribution in [3.8, 4) is 11.5 Å². The molecule has 4 nitrogen and oxygen atoms in total. The molecule has 0 N–H and O–H groups in total. The molecule has 0 aromatic heterocycles. The zero-order valence-electron chi connectivity index (χ0n) is 19.5. The summed E-state index contributed by atoms with van der Waals surface area (Å²) in [4.78, 5) is 12.8. The molecule has 6 rings (SSSR count). The fourth-order valence-electron chi connectivity index (χ4n) is 9.28. The number of rotatable bonds is 1. The monoisotopic (exact) mass is 424 g/mol. The highest BCUT2D eigenvalue weighted by Gasteiger charge is 2.70. The van der Waals surface area contributed by atoms with Gasteiger partial charge in [0, 0.05) is 11.3 Å². The highest BCUT2D eigenvalue weighted by Crippen LogP contribution is 2.72. The first-order chi connectivity index (χ1) is 14.8. The first kappa shape index (κ1) is 19.9. The number of esters is 1. The summed E-state index contributed by atoms with van der Waals surface area (Å²) in [7, 11) is 1.73. The Kier molecular flexibility index (Phi) is 3.99. The van der Waals surface area contributed by atoms with E-state index in [1.807, 2.05) is 6.07 Å². The predicted octanol–water partition coefficient (Wildman–Crippen LogP) is 5.56. The third kappa shape index (κ3) is 2.40. The molecule has 168 valence electrons. The molecule has 7 atom stereocenters. The Morgan fingerprint density at radius 1 is 1.00 bits per heavy atom. The number of carbonyl (C=O) groups excluding carboxylic acids is 1. The summed E-state index contributed by atoms with van der Waals surface area (Å²) in [6.07, 6.45) is 9.03. The van der Waals surface area contributed by atoms with Crippen LogP contribution in [0.15, 0.2) is 18.2 Å². The van der Waals surface area contributed by atoms with Crippen LogP contribution in [0.1, 0.15) is 71.3 Å². The maximum atomic E-state index is 12.8. The molecule has 1 saturated heterocycles. The standard InChI is InChI=1S/C27H36O4/c1-24-12-8-21-25(2)10-5-11-27(21,16-30-23(25)28)20(24)9-13-26(3)22(24)15-17-14-18(29-4)6-7-19(17)31-26/h6-7,14,20-22H,5,8-13,15-16H2,1-4H3. The number of benzene rings is 1. The largest absolute Gasteiger partial charge is 0.497 e. The van der Waals surface area contributed by atoms with Gasteiger partial charge in [-0.3, -0.25) is 4.79 Å². The maximum absolute atomic E-state index is 12.8. The van der Waals surface area contributed by atoms with E-state index in [9.17, 15) is 4.79 Å². The molecule has 31 heavy (non-hydrogen) atoms. The lowest BCUT2D eigenvalue weighted by atomic mass is 9.36. The maximum Gasteiger partial charge on any atom is 0.312 e. The van der Waals surface area contributed by atoms with Gasteiger partial charge in [-0.05, 0) is 99.8 Å². The van der Waals surface area contributed by atoms with Gasteiger partial charge in [-0.1, -0.05) is 13.3 Å². The van der Waals surface area contributed by atoms with E-state index < -0.39 is 0 Å². The third-order valence-electron chi connectivity index (χ3n) is 10.7. The number of carbonyl (C=O) groups is 1. The van der Waals surface area contributed by atoms with Crippen molar-refractivity contribution in [2.45, 2.75) is 77.7 Å². The van der Waals surface area contributed by atoms with E-state index in [1.165, 1.54) is 24.8 Å². The number of methoxy groups -OCH3 is 1. The average molecular weight is 425 g/mol. The van der Waals surface area contributed by atoms with Gasteiger partial charge >= 0.3 is 5.97 Å². The number of hydrogen-bond acceptors (Lipinski definition) is 4. The van der Waals surface area contributed by atoms with Crippen LogP contribution in [0.25, 0.3) is 0 Å². The van der Waals surface area contributed by atoms with Crippen molar-refractivity contribution in [1.29, 1.82) is 0 Å². The van der Waals surface area contributed by atoms with Crippen molar-refractivity contribution in [2.24, 2.45) is 34.0 Å². The fraction of sp³-hybridized carbons (Fsp3) is 0.741. The average Bonchev–Trinajstić information content (AvgIpc) is 2.74. The molecule has 1 aromatic rings. The molecule has 0 amide bonds. The molecule has 0 spiro atoms. The lowest BCUT2D eigenvalue weighted by molar-refractivity contribution is -0.255. The fourth-order valence-corrected chi connectivity index (χ4v) is 9.28. The van der Waals surface area contributed by atoms with E-state index in [0.29, 0.717) is 24.4 Å². The molecular formula is C27H36O4. The van der Waals surface area contributed by atoms with Gasteiger partial charge in [0.05, 0.1) is 19.1 Å². The lowest BCUT2D eigenvalue weighted by Crippen LogP contribution is -2.69. The minimum absolute atomic E-state index is 0.0686. The van der Waals surface area contributed by atoms with Crippen LogP contribution in [-0.2, 0) is 16.0 Å². The smallest absolute Gasteiger partial charge is 0.312 e. The molecule has 1 aromatic carbocycles. The molecule has 2 heterocycles. The molecular weight excluding hydrogens is 388 g/mol. The van der Waals surface area contributed by atoms with Gasteiger partial charge in [-0.25, -0.2) is 0 Å². The molecule has 5 aliphatic rings. The molecule has 4 fully saturated rings. The number of ether oxygens (including phenoxy) is 3. The van der Waals surface area contributed by atoms with E-state index in [0.717, 1.165) is 43.6 Å². The van der Waals surface area contributed by atoms with Crippen LogP contribution in [0, 0.1) is 34.0 Å². The summed E-state index contributed by atoms with van der Waals surface area (Å²) in [6, 6.07) is 6.28. The topological polar surface area (TPSA) is 44.8 Å². The molecule has 2 bridgehead atoms. The van der Waals surface area contributed by atoms with Crippen LogP contribution in [-0.4, -0.2) is 25.3 Å². The molecule has 7 unspecified atom stereocenters. The molecule has 3 saturated carbocycles. The quantitative estimate of drug-likeness (QED) is 0.553. The molecule has 0 radical (unpaired) electrons. The Balaban J connectivity index is 1.42. The summed E-state index contributed by atoms with van der Waals surface area (Å²) in [5.41, 5.74) is 1.24. The number of fused-ring (bicyclic) bond motifs is 4. The van der Waals surface area contributed by atoms with Crippen LogP contribution in [0.5, 0.6) is 11.5 Å². The van der Waals surface area contributed by atoms with Crippen molar-refractivity contribution in [2.75, 3.05) is 13.7 Å².